The number of hydrogen-bond donors (Lipinski definition) is 0. The summed E-state index contributed by atoms with van der Waals surface area (Å²) in [7, 11) is 0. The van der Waals surface area contributed by atoms with Gasteiger partial charge in [0, 0.05) is 36.5 Å². The fraction of sp³-hybridized carbons (Fsp3) is 0.125. The number of amides is 6. The van der Waals surface area contributed by atoms with Crippen molar-refractivity contribution in [2.24, 2.45) is 0 Å². The molecule has 15 heteroatoms. The third-order valence-electron chi connectivity index (χ3n) is 5.32. The number of rotatable bonds is 9. The number of imide groups is 3. The van der Waals surface area contributed by atoms with Crippen LogP contribution in [0.3, 0.4) is 0 Å². The highest BCUT2D eigenvalue weighted by molar-refractivity contribution is 6.14. The topological polar surface area (TPSA) is 191 Å². The van der Waals surface area contributed by atoms with Gasteiger partial charge < -0.3 is 14.2 Å². The first-order chi connectivity index (χ1) is 18.5. The Labute approximate surface area is 217 Å². The molecule has 0 spiro atoms. The molecule has 6 amide bonds. The first-order valence-electron chi connectivity index (χ1n) is 10.8. The van der Waals surface area contributed by atoms with E-state index in [4.69, 9.17) is 14.2 Å². The number of ether oxygens (including phenoxy) is 3. The first kappa shape index (κ1) is 26.3. The van der Waals surface area contributed by atoms with Gasteiger partial charge in [0.15, 0.2) is 20.2 Å². The van der Waals surface area contributed by atoms with Crippen molar-refractivity contribution in [1.29, 1.82) is 0 Å². The number of nitrogens with zero attached hydrogens (tertiary/aromatic N) is 3. The van der Waals surface area contributed by atoms with Crippen molar-refractivity contribution in [3.8, 4) is 0 Å². The van der Waals surface area contributed by atoms with Gasteiger partial charge >= 0.3 is 17.9 Å². The molecule has 3 heterocycles. The van der Waals surface area contributed by atoms with Crippen LogP contribution in [0.5, 0.6) is 0 Å². The maximum Gasteiger partial charge on any atom is 0.339 e. The Morgan fingerprint density at radius 1 is 0.436 bits per heavy atom. The van der Waals surface area contributed by atoms with Crippen LogP contribution in [0.4, 0.5) is 0 Å². The van der Waals surface area contributed by atoms with E-state index in [1.807, 2.05) is 0 Å². The van der Waals surface area contributed by atoms with Gasteiger partial charge in [0.1, 0.15) is 0 Å². The van der Waals surface area contributed by atoms with Gasteiger partial charge in [0.2, 0.25) is 0 Å². The van der Waals surface area contributed by atoms with Crippen molar-refractivity contribution >= 4 is 53.4 Å². The van der Waals surface area contributed by atoms with Gasteiger partial charge in [-0.3, -0.25) is 28.8 Å². The fourth-order valence-electron chi connectivity index (χ4n) is 3.28. The molecule has 4 rings (SSSR count). The van der Waals surface area contributed by atoms with Crippen LogP contribution in [0, 0.1) is 0 Å². The molecule has 0 saturated carbocycles. The SMILES string of the molecule is O=C(OCN1C(=O)C=CC1=O)c1cc(C(=O)OCN2C(=O)C=CC2=O)cc(C(=O)OCN2C(=O)C=CC2=O)c1. The summed E-state index contributed by atoms with van der Waals surface area (Å²) in [6.07, 6.45) is 5.82. The Morgan fingerprint density at radius 2 is 0.641 bits per heavy atom. The lowest BCUT2D eigenvalue weighted by molar-refractivity contribution is -0.142. The van der Waals surface area contributed by atoms with Gasteiger partial charge in [-0.05, 0) is 18.2 Å². The summed E-state index contributed by atoms with van der Waals surface area (Å²) < 4.78 is 14.9. The predicted molar refractivity (Wildman–Crippen MR) is 120 cm³/mol. The molecule has 39 heavy (non-hydrogen) atoms. The third kappa shape index (κ3) is 5.66. The summed E-state index contributed by atoms with van der Waals surface area (Å²) in [4.78, 5) is 110. The zero-order chi connectivity index (χ0) is 28.3. The van der Waals surface area contributed by atoms with Crippen LogP contribution in [0.2, 0.25) is 0 Å². The van der Waals surface area contributed by atoms with Crippen molar-refractivity contribution in [1.82, 2.24) is 14.7 Å². The van der Waals surface area contributed by atoms with Crippen LogP contribution in [0.25, 0.3) is 0 Å². The van der Waals surface area contributed by atoms with Gasteiger partial charge in [-0.15, -0.1) is 0 Å². The van der Waals surface area contributed by atoms with E-state index in [1.54, 1.807) is 0 Å². The molecule has 3 aliphatic rings. The highest BCUT2D eigenvalue weighted by atomic mass is 16.6. The van der Waals surface area contributed by atoms with Crippen molar-refractivity contribution < 1.29 is 57.4 Å². The van der Waals surface area contributed by atoms with E-state index in [1.165, 1.54) is 0 Å². The van der Waals surface area contributed by atoms with Gasteiger partial charge in [0.25, 0.3) is 35.4 Å². The second kappa shape index (κ2) is 10.7. The highest BCUT2D eigenvalue weighted by Gasteiger charge is 2.28. The summed E-state index contributed by atoms with van der Waals surface area (Å²) in [5.74, 6) is -7.83. The molecule has 0 unspecified atom stereocenters. The molecular formula is C24H15N3O12. The van der Waals surface area contributed by atoms with Crippen molar-refractivity contribution in [3.63, 3.8) is 0 Å². The summed E-state index contributed by atoms with van der Waals surface area (Å²) in [5, 5.41) is 0. The van der Waals surface area contributed by atoms with Crippen LogP contribution in [-0.4, -0.2) is 88.2 Å². The molecule has 0 aromatic heterocycles. The molecule has 0 aliphatic carbocycles. The van der Waals surface area contributed by atoms with E-state index in [0.29, 0.717) is 14.7 Å². The van der Waals surface area contributed by atoms with Crippen LogP contribution >= 0.6 is 0 Å². The molecule has 0 bridgehead atoms. The van der Waals surface area contributed by atoms with E-state index in [-0.39, 0.29) is 0 Å². The molecule has 0 fully saturated rings. The maximum absolute atomic E-state index is 12.7. The average Bonchev–Trinajstić information content (AvgIpc) is 3.54. The fourth-order valence-corrected chi connectivity index (χ4v) is 3.28. The lowest BCUT2D eigenvalue weighted by Crippen LogP contribution is -2.34. The van der Waals surface area contributed by atoms with E-state index >= 15 is 0 Å². The highest BCUT2D eigenvalue weighted by Crippen LogP contribution is 2.17. The molecule has 1 aromatic carbocycles. The molecule has 0 saturated heterocycles. The second-order valence-corrected chi connectivity index (χ2v) is 7.80. The third-order valence-corrected chi connectivity index (χ3v) is 5.32. The second-order valence-electron chi connectivity index (χ2n) is 7.80. The Hall–Kier alpha value is -5.73. The van der Waals surface area contributed by atoms with Crippen LogP contribution in [0.1, 0.15) is 31.1 Å². The standard InChI is InChI=1S/C24H15N3O12/c28-16-1-2-17(29)25(16)10-37-22(34)13-7-14(23(35)38-11-26-18(30)3-4-19(26)31)9-15(8-13)24(36)39-12-27-20(32)5-6-21(27)33/h1-9H,10-12H2. The lowest BCUT2D eigenvalue weighted by atomic mass is 10.1. The van der Waals surface area contributed by atoms with Crippen LogP contribution < -0.4 is 0 Å². The van der Waals surface area contributed by atoms with Crippen molar-refractivity contribution in [2.45, 2.75) is 0 Å². The van der Waals surface area contributed by atoms with Crippen LogP contribution in [-0.2, 0) is 43.0 Å². The molecule has 0 atom stereocenters. The average molecular weight is 537 g/mol. The Balaban J connectivity index is 1.52. The van der Waals surface area contributed by atoms with Crippen molar-refractivity contribution in [3.05, 3.63) is 71.3 Å². The van der Waals surface area contributed by atoms with E-state index < -0.39 is 90.2 Å². The quantitative estimate of drug-likeness (QED) is 0.208. The summed E-state index contributed by atoms with van der Waals surface area (Å²) in [6, 6.07) is 2.86. The Kier molecular flexibility index (Phi) is 7.23. The number of hydrogen-bond acceptors (Lipinski definition) is 12. The number of carbonyl (C=O) groups is 9. The molecule has 15 nitrogen and oxygen atoms in total. The normalized spacial score (nSPS) is 16.2. The first-order valence-corrected chi connectivity index (χ1v) is 10.8. The molecular weight excluding hydrogens is 522 g/mol. The zero-order valence-corrected chi connectivity index (χ0v) is 19.6. The minimum atomic E-state index is -1.16. The van der Waals surface area contributed by atoms with E-state index in [9.17, 15) is 43.2 Å². The minimum absolute atomic E-state index is 0.409. The Morgan fingerprint density at radius 3 is 0.846 bits per heavy atom. The Bertz CT molecular complexity index is 1220. The van der Waals surface area contributed by atoms with Gasteiger partial charge in [-0.25, -0.2) is 29.1 Å². The van der Waals surface area contributed by atoms with Gasteiger partial charge in [0.05, 0.1) is 16.7 Å². The summed E-state index contributed by atoms with van der Waals surface area (Å²) >= 11 is 0. The number of benzene rings is 1. The molecule has 0 radical (unpaired) electrons. The van der Waals surface area contributed by atoms with Gasteiger partial charge in [-0.1, -0.05) is 0 Å². The van der Waals surface area contributed by atoms with Crippen molar-refractivity contribution in [2.75, 3.05) is 20.2 Å². The molecule has 3 aliphatic heterocycles. The van der Waals surface area contributed by atoms with Crippen LogP contribution in [0.15, 0.2) is 54.7 Å². The smallest absolute Gasteiger partial charge is 0.339 e. The largest absolute Gasteiger partial charge is 0.440 e. The van der Waals surface area contributed by atoms with E-state index in [2.05, 4.69) is 0 Å². The van der Waals surface area contributed by atoms with Gasteiger partial charge in [-0.2, -0.15) is 0 Å². The maximum atomic E-state index is 12.7. The predicted octanol–water partition coefficient (Wildman–Crippen LogP) is -1.20. The number of esters is 3. The molecule has 0 N–H and O–H groups in total. The number of carbonyl (C=O) groups excluding carboxylic acids is 9. The summed E-state index contributed by atoms with van der Waals surface area (Å²) in [6.45, 7) is -2.30. The minimum Gasteiger partial charge on any atom is -0.440 e. The zero-order valence-electron chi connectivity index (χ0n) is 19.6. The lowest BCUT2D eigenvalue weighted by Gasteiger charge is -2.16. The van der Waals surface area contributed by atoms with E-state index in [0.717, 1.165) is 54.7 Å². The molecule has 198 valence electrons. The molecule has 1 aromatic rings. The monoisotopic (exact) mass is 537 g/mol. The summed E-state index contributed by atoms with van der Waals surface area (Å²) in [5.41, 5.74) is -1.23.